The Morgan fingerprint density at radius 2 is 2.33 bits per heavy atom. The second-order valence-electron chi connectivity index (χ2n) is 4.08. The molecule has 2 heterocycles. The average molecular weight is 167 g/mol. The zero-order chi connectivity index (χ0) is 8.55. The molecule has 12 heavy (non-hydrogen) atoms. The van der Waals surface area contributed by atoms with E-state index in [0.717, 1.165) is 25.3 Å². The van der Waals surface area contributed by atoms with E-state index in [1.54, 1.807) is 0 Å². The van der Waals surface area contributed by atoms with Crippen LogP contribution in [0.5, 0.6) is 0 Å². The lowest BCUT2D eigenvalue weighted by Crippen LogP contribution is -2.40. The van der Waals surface area contributed by atoms with Gasteiger partial charge in [-0.05, 0) is 25.2 Å². The van der Waals surface area contributed by atoms with Gasteiger partial charge in [-0.15, -0.1) is 0 Å². The molecule has 2 aliphatic rings. The molecular weight excluding hydrogens is 150 g/mol. The number of piperidine rings is 1. The third kappa shape index (κ3) is 1.23. The van der Waals surface area contributed by atoms with Crippen molar-refractivity contribution in [2.75, 3.05) is 6.54 Å². The van der Waals surface area contributed by atoms with Crippen LogP contribution < -0.4 is 0 Å². The van der Waals surface area contributed by atoms with Gasteiger partial charge in [-0.3, -0.25) is 4.79 Å². The number of amides is 1. The van der Waals surface area contributed by atoms with Crippen molar-refractivity contribution >= 4 is 5.91 Å². The van der Waals surface area contributed by atoms with Gasteiger partial charge in [0.1, 0.15) is 0 Å². The molecule has 2 nitrogen and oxygen atoms in total. The smallest absolute Gasteiger partial charge is 0.222 e. The summed E-state index contributed by atoms with van der Waals surface area (Å²) in [6.07, 6.45) is 5.72. The summed E-state index contributed by atoms with van der Waals surface area (Å²) in [7, 11) is 0. The predicted octanol–water partition coefficient (Wildman–Crippen LogP) is 1.80. The molecule has 2 fully saturated rings. The summed E-state index contributed by atoms with van der Waals surface area (Å²) >= 11 is 0. The minimum Gasteiger partial charge on any atom is -0.340 e. The second-order valence-corrected chi connectivity index (χ2v) is 4.08. The Labute approximate surface area is 73.9 Å². The summed E-state index contributed by atoms with van der Waals surface area (Å²) in [4.78, 5) is 13.4. The fraction of sp³-hybridized carbons (Fsp3) is 0.900. The van der Waals surface area contributed by atoms with Crippen LogP contribution in [0.4, 0.5) is 0 Å². The van der Waals surface area contributed by atoms with Gasteiger partial charge in [0.15, 0.2) is 0 Å². The summed E-state index contributed by atoms with van der Waals surface area (Å²) in [5.41, 5.74) is 0. The van der Waals surface area contributed by atoms with E-state index < -0.39 is 0 Å². The maximum Gasteiger partial charge on any atom is 0.222 e. The van der Waals surface area contributed by atoms with Crippen LogP contribution in [0.3, 0.4) is 0 Å². The standard InChI is InChI=1S/C10H17NO/c1-2-8-5-6-11-9(7-8)3-4-10(11)12/h8-9H,2-7H2,1H3/t8-,9?/m1/s1. The van der Waals surface area contributed by atoms with Crippen molar-refractivity contribution in [1.82, 2.24) is 4.90 Å². The maximum absolute atomic E-state index is 11.3. The zero-order valence-electron chi connectivity index (χ0n) is 7.75. The van der Waals surface area contributed by atoms with Gasteiger partial charge < -0.3 is 4.90 Å². The number of fused-ring (bicyclic) bond motifs is 1. The van der Waals surface area contributed by atoms with Crippen LogP contribution in [-0.2, 0) is 4.79 Å². The average Bonchev–Trinajstić information content (AvgIpc) is 2.47. The number of carbonyl (C=O) groups is 1. The molecular formula is C10H17NO. The molecule has 2 heteroatoms. The number of rotatable bonds is 1. The Hall–Kier alpha value is -0.530. The summed E-state index contributed by atoms with van der Waals surface area (Å²) in [6.45, 7) is 3.29. The monoisotopic (exact) mass is 167 g/mol. The molecule has 1 unspecified atom stereocenters. The molecule has 1 amide bonds. The van der Waals surface area contributed by atoms with Crippen molar-refractivity contribution in [3.8, 4) is 0 Å². The fourth-order valence-electron chi connectivity index (χ4n) is 2.54. The Balaban J connectivity index is 1.99. The summed E-state index contributed by atoms with van der Waals surface area (Å²) < 4.78 is 0. The Morgan fingerprint density at radius 3 is 3.08 bits per heavy atom. The second kappa shape index (κ2) is 3.08. The van der Waals surface area contributed by atoms with Gasteiger partial charge >= 0.3 is 0 Å². The van der Waals surface area contributed by atoms with Crippen molar-refractivity contribution < 1.29 is 4.79 Å². The predicted molar refractivity (Wildman–Crippen MR) is 47.8 cm³/mol. The van der Waals surface area contributed by atoms with E-state index >= 15 is 0 Å². The number of hydrogen-bond acceptors (Lipinski definition) is 1. The molecule has 2 rings (SSSR count). The van der Waals surface area contributed by atoms with Crippen LogP contribution in [0, 0.1) is 5.92 Å². The van der Waals surface area contributed by atoms with E-state index in [1.165, 1.54) is 19.3 Å². The molecule has 0 bridgehead atoms. The van der Waals surface area contributed by atoms with E-state index in [1.807, 2.05) is 0 Å². The third-order valence-corrected chi connectivity index (χ3v) is 3.41. The normalized spacial score (nSPS) is 35.4. The van der Waals surface area contributed by atoms with Crippen LogP contribution >= 0.6 is 0 Å². The topological polar surface area (TPSA) is 20.3 Å². The lowest BCUT2D eigenvalue weighted by Gasteiger charge is -2.34. The van der Waals surface area contributed by atoms with E-state index in [0.29, 0.717) is 11.9 Å². The number of hydrogen-bond donors (Lipinski definition) is 0. The summed E-state index contributed by atoms with van der Waals surface area (Å²) in [5.74, 6) is 1.28. The highest BCUT2D eigenvalue weighted by molar-refractivity contribution is 5.78. The Morgan fingerprint density at radius 1 is 1.50 bits per heavy atom. The van der Waals surface area contributed by atoms with Gasteiger partial charge in [0.05, 0.1) is 0 Å². The molecule has 0 N–H and O–H groups in total. The minimum absolute atomic E-state index is 0.398. The first kappa shape index (κ1) is 8.09. The van der Waals surface area contributed by atoms with Crippen molar-refractivity contribution in [2.45, 2.75) is 45.1 Å². The van der Waals surface area contributed by atoms with Crippen LogP contribution in [0.2, 0.25) is 0 Å². The largest absolute Gasteiger partial charge is 0.340 e. The van der Waals surface area contributed by atoms with Gasteiger partial charge in [0, 0.05) is 19.0 Å². The molecule has 0 aromatic heterocycles. The van der Waals surface area contributed by atoms with Gasteiger partial charge in [0.25, 0.3) is 0 Å². The van der Waals surface area contributed by atoms with Gasteiger partial charge in [-0.25, -0.2) is 0 Å². The van der Waals surface area contributed by atoms with Crippen LogP contribution in [0.15, 0.2) is 0 Å². The first-order chi connectivity index (χ1) is 5.81. The van der Waals surface area contributed by atoms with Crippen LogP contribution in [-0.4, -0.2) is 23.4 Å². The summed E-state index contributed by atoms with van der Waals surface area (Å²) in [6, 6.07) is 0.608. The minimum atomic E-state index is 0.398. The highest BCUT2D eigenvalue weighted by Crippen LogP contribution is 2.32. The molecule has 0 aromatic rings. The molecule has 0 aromatic carbocycles. The molecule has 2 aliphatic heterocycles. The molecule has 2 atom stereocenters. The number of nitrogens with zero attached hydrogens (tertiary/aromatic N) is 1. The van der Waals surface area contributed by atoms with Gasteiger partial charge in [-0.1, -0.05) is 13.3 Å². The Kier molecular flexibility index (Phi) is 2.07. The van der Waals surface area contributed by atoms with E-state index in [4.69, 9.17) is 0 Å². The van der Waals surface area contributed by atoms with E-state index in [2.05, 4.69) is 11.8 Å². The van der Waals surface area contributed by atoms with Gasteiger partial charge in [-0.2, -0.15) is 0 Å². The molecule has 0 aliphatic carbocycles. The van der Waals surface area contributed by atoms with Crippen molar-refractivity contribution in [2.24, 2.45) is 5.92 Å². The Bertz CT molecular complexity index is 190. The van der Waals surface area contributed by atoms with Gasteiger partial charge in [0.2, 0.25) is 5.91 Å². The molecule has 0 radical (unpaired) electrons. The molecule has 0 spiro atoms. The molecule has 68 valence electrons. The maximum atomic E-state index is 11.3. The third-order valence-electron chi connectivity index (χ3n) is 3.41. The highest BCUT2D eigenvalue weighted by atomic mass is 16.2. The van der Waals surface area contributed by atoms with E-state index in [-0.39, 0.29) is 0 Å². The zero-order valence-corrected chi connectivity index (χ0v) is 7.75. The lowest BCUT2D eigenvalue weighted by atomic mass is 9.89. The van der Waals surface area contributed by atoms with Crippen molar-refractivity contribution in [1.29, 1.82) is 0 Å². The molecule has 0 saturated carbocycles. The van der Waals surface area contributed by atoms with Crippen LogP contribution in [0.25, 0.3) is 0 Å². The van der Waals surface area contributed by atoms with Crippen LogP contribution in [0.1, 0.15) is 39.0 Å². The SMILES string of the molecule is CC[C@@H]1CCN2C(=O)CCC2C1. The highest BCUT2D eigenvalue weighted by Gasteiger charge is 2.35. The first-order valence-corrected chi connectivity index (χ1v) is 5.10. The quantitative estimate of drug-likeness (QED) is 0.583. The van der Waals surface area contributed by atoms with Crippen molar-refractivity contribution in [3.63, 3.8) is 0 Å². The summed E-state index contributed by atoms with van der Waals surface area (Å²) in [5, 5.41) is 0. The van der Waals surface area contributed by atoms with Crippen molar-refractivity contribution in [3.05, 3.63) is 0 Å². The first-order valence-electron chi connectivity index (χ1n) is 5.10. The lowest BCUT2D eigenvalue weighted by molar-refractivity contribution is -0.130. The fourth-order valence-corrected chi connectivity index (χ4v) is 2.54. The number of carbonyl (C=O) groups excluding carboxylic acids is 1. The van der Waals surface area contributed by atoms with E-state index in [9.17, 15) is 4.79 Å². The molecule has 2 saturated heterocycles.